The van der Waals surface area contributed by atoms with Crippen molar-refractivity contribution >= 4 is 11.0 Å². The molecule has 0 amide bonds. The Bertz CT molecular complexity index is 557. The third-order valence-corrected chi connectivity index (χ3v) is 3.56. The number of para-hydroxylation sites is 1. The minimum absolute atomic E-state index is 0.455. The highest BCUT2D eigenvalue weighted by Gasteiger charge is 2.17. The van der Waals surface area contributed by atoms with Gasteiger partial charge in [0.05, 0.1) is 13.2 Å². The standard InChI is InChI=1S/C17H25NO2/c1-5-9-18-10-16-15(11-19-4)14-8-6-7-13(12(2)3)17(14)20-16/h6-8,12,18H,5,9-11H2,1-4H3. The Kier molecular flexibility index (Phi) is 5.21. The molecule has 3 heteroatoms. The Morgan fingerprint density at radius 2 is 2.10 bits per heavy atom. The van der Waals surface area contributed by atoms with E-state index in [0.717, 1.165) is 30.9 Å². The SMILES string of the molecule is CCCNCc1oc2c(C(C)C)cccc2c1COC. The lowest BCUT2D eigenvalue weighted by Gasteiger charge is -2.05. The largest absolute Gasteiger partial charge is 0.459 e. The summed E-state index contributed by atoms with van der Waals surface area (Å²) in [5.74, 6) is 1.46. The Labute approximate surface area is 121 Å². The first-order valence-corrected chi connectivity index (χ1v) is 7.41. The summed E-state index contributed by atoms with van der Waals surface area (Å²) < 4.78 is 11.5. The zero-order chi connectivity index (χ0) is 14.5. The Balaban J connectivity index is 2.44. The zero-order valence-electron chi connectivity index (χ0n) is 13.0. The van der Waals surface area contributed by atoms with Crippen LogP contribution in [0.3, 0.4) is 0 Å². The van der Waals surface area contributed by atoms with Gasteiger partial charge in [0.15, 0.2) is 0 Å². The second-order valence-electron chi connectivity index (χ2n) is 5.49. The van der Waals surface area contributed by atoms with Gasteiger partial charge in [-0.3, -0.25) is 0 Å². The summed E-state index contributed by atoms with van der Waals surface area (Å²) in [4.78, 5) is 0. The van der Waals surface area contributed by atoms with Crippen LogP contribution in [0, 0.1) is 0 Å². The maximum absolute atomic E-state index is 6.15. The van der Waals surface area contributed by atoms with Crippen molar-refractivity contribution < 1.29 is 9.15 Å². The van der Waals surface area contributed by atoms with E-state index in [1.54, 1.807) is 7.11 Å². The van der Waals surface area contributed by atoms with Crippen molar-refractivity contribution in [3.8, 4) is 0 Å². The van der Waals surface area contributed by atoms with Crippen LogP contribution in [-0.2, 0) is 17.9 Å². The van der Waals surface area contributed by atoms with E-state index < -0.39 is 0 Å². The summed E-state index contributed by atoms with van der Waals surface area (Å²) in [6.07, 6.45) is 1.12. The van der Waals surface area contributed by atoms with Crippen LogP contribution < -0.4 is 5.32 Å². The van der Waals surface area contributed by atoms with E-state index in [4.69, 9.17) is 9.15 Å². The van der Waals surface area contributed by atoms with Crippen molar-refractivity contribution in [1.82, 2.24) is 5.32 Å². The molecule has 0 spiro atoms. The quantitative estimate of drug-likeness (QED) is 0.769. The lowest BCUT2D eigenvalue weighted by atomic mass is 10.00. The third kappa shape index (κ3) is 3.05. The average molecular weight is 275 g/mol. The summed E-state index contributed by atoms with van der Waals surface area (Å²) in [5.41, 5.74) is 3.46. The summed E-state index contributed by atoms with van der Waals surface area (Å²) in [6, 6.07) is 6.38. The molecule has 0 radical (unpaired) electrons. The minimum Gasteiger partial charge on any atom is -0.459 e. The van der Waals surface area contributed by atoms with Gasteiger partial charge in [0, 0.05) is 18.1 Å². The molecule has 0 aliphatic rings. The number of methoxy groups -OCH3 is 1. The summed E-state index contributed by atoms with van der Waals surface area (Å²) in [5, 5.41) is 4.60. The number of hydrogen-bond donors (Lipinski definition) is 1. The maximum Gasteiger partial charge on any atom is 0.138 e. The van der Waals surface area contributed by atoms with Gasteiger partial charge in [-0.05, 0) is 24.4 Å². The van der Waals surface area contributed by atoms with E-state index >= 15 is 0 Å². The van der Waals surface area contributed by atoms with E-state index in [-0.39, 0.29) is 0 Å². The van der Waals surface area contributed by atoms with Crippen LogP contribution in [0.25, 0.3) is 11.0 Å². The molecular weight excluding hydrogens is 250 g/mol. The lowest BCUT2D eigenvalue weighted by Crippen LogP contribution is -2.14. The van der Waals surface area contributed by atoms with Gasteiger partial charge in [0.1, 0.15) is 11.3 Å². The monoisotopic (exact) mass is 275 g/mol. The number of hydrogen-bond acceptors (Lipinski definition) is 3. The Morgan fingerprint density at radius 1 is 1.30 bits per heavy atom. The highest BCUT2D eigenvalue weighted by molar-refractivity contribution is 5.85. The van der Waals surface area contributed by atoms with E-state index in [1.807, 2.05) is 0 Å². The van der Waals surface area contributed by atoms with E-state index in [1.165, 1.54) is 16.5 Å². The van der Waals surface area contributed by atoms with Crippen LogP contribution in [0.2, 0.25) is 0 Å². The molecule has 0 aliphatic heterocycles. The van der Waals surface area contributed by atoms with Crippen molar-refractivity contribution in [2.45, 2.75) is 46.3 Å². The Morgan fingerprint density at radius 3 is 2.75 bits per heavy atom. The molecule has 3 nitrogen and oxygen atoms in total. The summed E-state index contributed by atoms with van der Waals surface area (Å²) in [6.45, 7) is 8.92. The van der Waals surface area contributed by atoms with Crippen molar-refractivity contribution in [3.05, 3.63) is 35.1 Å². The fourth-order valence-corrected chi connectivity index (χ4v) is 2.52. The van der Waals surface area contributed by atoms with Crippen LogP contribution in [0.5, 0.6) is 0 Å². The highest BCUT2D eigenvalue weighted by atomic mass is 16.5. The fourth-order valence-electron chi connectivity index (χ4n) is 2.52. The van der Waals surface area contributed by atoms with Crippen LogP contribution in [0.1, 0.15) is 50.0 Å². The molecule has 1 heterocycles. The zero-order valence-corrected chi connectivity index (χ0v) is 13.0. The molecule has 0 unspecified atom stereocenters. The van der Waals surface area contributed by atoms with Crippen LogP contribution >= 0.6 is 0 Å². The van der Waals surface area contributed by atoms with E-state index in [2.05, 4.69) is 44.3 Å². The smallest absolute Gasteiger partial charge is 0.138 e. The van der Waals surface area contributed by atoms with Crippen molar-refractivity contribution in [2.24, 2.45) is 0 Å². The summed E-state index contributed by atoms with van der Waals surface area (Å²) in [7, 11) is 1.73. The van der Waals surface area contributed by atoms with Gasteiger partial charge in [0.25, 0.3) is 0 Å². The van der Waals surface area contributed by atoms with Gasteiger partial charge in [-0.15, -0.1) is 0 Å². The number of benzene rings is 1. The molecule has 1 aromatic carbocycles. The van der Waals surface area contributed by atoms with Crippen molar-refractivity contribution in [3.63, 3.8) is 0 Å². The van der Waals surface area contributed by atoms with Crippen molar-refractivity contribution in [2.75, 3.05) is 13.7 Å². The molecule has 1 N–H and O–H groups in total. The normalized spacial score (nSPS) is 11.7. The topological polar surface area (TPSA) is 34.4 Å². The number of rotatable bonds is 7. The maximum atomic E-state index is 6.15. The molecule has 0 bridgehead atoms. The molecule has 1 aromatic heterocycles. The van der Waals surface area contributed by atoms with E-state index in [9.17, 15) is 0 Å². The Hall–Kier alpha value is -1.32. The van der Waals surface area contributed by atoms with Crippen LogP contribution in [0.4, 0.5) is 0 Å². The first-order chi connectivity index (χ1) is 9.69. The number of furan rings is 1. The molecule has 20 heavy (non-hydrogen) atoms. The van der Waals surface area contributed by atoms with Crippen molar-refractivity contribution in [1.29, 1.82) is 0 Å². The van der Waals surface area contributed by atoms with Crippen LogP contribution in [-0.4, -0.2) is 13.7 Å². The number of fused-ring (bicyclic) bond motifs is 1. The molecule has 0 saturated carbocycles. The number of ether oxygens (including phenoxy) is 1. The molecular formula is C17H25NO2. The fraction of sp³-hybridized carbons (Fsp3) is 0.529. The predicted molar refractivity (Wildman–Crippen MR) is 83.0 cm³/mol. The third-order valence-electron chi connectivity index (χ3n) is 3.56. The molecule has 0 atom stereocenters. The molecule has 2 rings (SSSR count). The minimum atomic E-state index is 0.455. The second-order valence-corrected chi connectivity index (χ2v) is 5.49. The van der Waals surface area contributed by atoms with Gasteiger partial charge in [-0.1, -0.05) is 39.0 Å². The molecule has 2 aromatic rings. The van der Waals surface area contributed by atoms with Crippen LogP contribution in [0.15, 0.2) is 22.6 Å². The second kappa shape index (κ2) is 6.91. The predicted octanol–water partition coefficient (Wildman–Crippen LogP) is 4.20. The first kappa shape index (κ1) is 15.1. The van der Waals surface area contributed by atoms with Gasteiger partial charge in [-0.25, -0.2) is 0 Å². The molecule has 0 fully saturated rings. The molecule has 0 aliphatic carbocycles. The molecule has 110 valence electrons. The van der Waals surface area contributed by atoms with Gasteiger partial charge < -0.3 is 14.5 Å². The first-order valence-electron chi connectivity index (χ1n) is 7.41. The highest BCUT2D eigenvalue weighted by Crippen LogP contribution is 2.32. The summed E-state index contributed by atoms with van der Waals surface area (Å²) >= 11 is 0. The van der Waals surface area contributed by atoms with Gasteiger partial charge in [0.2, 0.25) is 0 Å². The van der Waals surface area contributed by atoms with Gasteiger partial charge >= 0.3 is 0 Å². The van der Waals surface area contributed by atoms with E-state index in [0.29, 0.717) is 12.5 Å². The molecule has 0 saturated heterocycles. The van der Waals surface area contributed by atoms with Gasteiger partial charge in [-0.2, -0.15) is 0 Å². The number of nitrogens with one attached hydrogen (secondary N) is 1. The average Bonchev–Trinajstić information content (AvgIpc) is 2.77. The lowest BCUT2D eigenvalue weighted by molar-refractivity contribution is 0.183.